The number of para-hydroxylation sites is 1. The van der Waals surface area contributed by atoms with Crippen molar-refractivity contribution in [3.05, 3.63) is 29.8 Å². The predicted molar refractivity (Wildman–Crippen MR) is 112 cm³/mol. The molecule has 3 fully saturated rings. The Morgan fingerprint density at radius 2 is 2.07 bits per heavy atom. The monoisotopic (exact) mass is 399 g/mol. The van der Waals surface area contributed by atoms with Crippen LogP contribution in [0, 0.1) is 17.3 Å². The molecule has 1 heterocycles. The van der Waals surface area contributed by atoms with Crippen molar-refractivity contribution >= 4 is 11.8 Å². The molecule has 6 nitrogen and oxygen atoms in total. The summed E-state index contributed by atoms with van der Waals surface area (Å²) in [5.41, 5.74) is -0.264. The minimum absolute atomic E-state index is 0.0266. The van der Waals surface area contributed by atoms with Crippen LogP contribution in [0.5, 0.6) is 5.75 Å². The number of ether oxygens (including phenoxy) is 1. The van der Waals surface area contributed by atoms with Crippen LogP contribution in [0.25, 0.3) is 0 Å². The van der Waals surface area contributed by atoms with Crippen LogP contribution >= 0.6 is 0 Å². The molecule has 6 heteroatoms. The van der Waals surface area contributed by atoms with Crippen molar-refractivity contribution in [2.45, 2.75) is 52.2 Å². The number of rotatable bonds is 6. The Morgan fingerprint density at radius 3 is 2.79 bits per heavy atom. The van der Waals surface area contributed by atoms with E-state index < -0.39 is 5.72 Å². The van der Waals surface area contributed by atoms with Gasteiger partial charge in [0.15, 0.2) is 5.72 Å². The normalized spacial score (nSPS) is 32.6. The molecular weight excluding hydrogens is 366 g/mol. The fourth-order valence-electron chi connectivity index (χ4n) is 5.66. The Bertz CT molecular complexity index is 793. The maximum Gasteiger partial charge on any atom is 0.258 e. The van der Waals surface area contributed by atoms with Crippen LogP contribution in [-0.2, 0) is 4.79 Å². The van der Waals surface area contributed by atoms with Crippen molar-refractivity contribution in [3.63, 3.8) is 0 Å². The maximum absolute atomic E-state index is 13.0. The van der Waals surface area contributed by atoms with Crippen molar-refractivity contribution in [2.75, 3.05) is 26.2 Å². The zero-order valence-corrected chi connectivity index (χ0v) is 17.8. The molecule has 3 aliphatic carbocycles. The van der Waals surface area contributed by atoms with Crippen LogP contribution in [0.4, 0.5) is 0 Å². The van der Waals surface area contributed by atoms with Crippen molar-refractivity contribution in [1.29, 1.82) is 0 Å². The highest BCUT2D eigenvalue weighted by molar-refractivity contribution is 5.98. The number of likely N-dealkylation sites (N-methyl/N-ethyl adjacent to an activating group) is 1. The molecule has 1 aromatic carbocycles. The Labute approximate surface area is 173 Å². The molecule has 3 saturated carbocycles. The van der Waals surface area contributed by atoms with E-state index in [4.69, 9.17) is 4.74 Å². The Morgan fingerprint density at radius 1 is 1.31 bits per heavy atom. The van der Waals surface area contributed by atoms with E-state index in [0.717, 1.165) is 38.9 Å². The van der Waals surface area contributed by atoms with E-state index in [9.17, 15) is 9.59 Å². The molecule has 0 unspecified atom stereocenters. The van der Waals surface area contributed by atoms with Crippen molar-refractivity contribution in [1.82, 2.24) is 15.5 Å². The number of benzene rings is 1. The fourth-order valence-corrected chi connectivity index (χ4v) is 5.66. The first-order valence-electron chi connectivity index (χ1n) is 11.0. The molecule has 5 rings (SSSR count). The zero-order valence-electron chi connectivity index (χ0n) is 17.8. The van der Waals surface area contributed by atoms with Gasteiger partial charge in [-0.1, -0.05) is 32.9 Å². The lowest BCUT2D eigenvalue weighted by Gasteiger charge is -2.59. The van der Waals surface area contributed by atoms with Gasteiger partial charge >= 0.3 is 0 Å². The van der Waals surface area contributed by atoms with Crippen molar-refractivity contribution < 1.29 is 14.3 Å². The molecule has 4 atom stereocenters. The summed E-state index contributed by atoms with van der Waals surface area (Å²) in [6, 6.07) is 7.43. The molecule has 0 saturated heterocycles. The van der Waals surface area contributed by atoms with Gasteiger partial charge in [-0.2, -0.15) is 0 Å². The third-order valence-corrected chi connectivity index (χ3v) is 7.44. The highest BCUT2D eigenvalue weighted by Crippen LogP contribution is 2.58. The lowest BCUT2D eigenvalue weighted by molar-refractivity contribution is -0.167. The van der Waals surface area contributed by atoms with E-state index in [1.165, 1.54) is 0 Å². The van der Waals surface area contributed by atoms with Gasteiger partial charge in [0.05, 0.1) is 5.56 Å². The van der Waals surface area contributed by atoms with Gasteiger partial charge in [0, 0.05) is 31.3 Å². The summed E-state index contributed by atoms with van der Waals surface area (Å²) in [4.78, 5) is 28.1. The van der Waals surface area contributed by atoms with Gasteiger partial charge in [0.25, 0.3) is 5.91 Å². The van der Waals surface area contributed by atoms with E-state index in [-0.39, 0.29) is 29.1 Å². The number of carbonyl (C=O) groups is 2. The van der Waals surface area contributed by atoms with Crippen LogP contribution in [0.15, 0.2) is 24.3 Å². The lowest BCUT2D eigenvalue weighted by atomic mass is 9.52. The average Bonchev–Trinajstić information content (AvgIpc) is 2.70. The number of nitrogens with one attached hydrogen (secondary N) is 2. The fraction of sp³-hybridized carbons (Fsp3) is 0.652. The van der Waals surface area contributed by atoms with E-state index in [1.54, 1.807) is 6.07 Å². The molecule has 158 valence electrons. The van der Waals surface area contributed by atoms with Crippen LogP contribution in [-0.4, -0.2) is 48.6 Å². The first-order valence-corrected chi connectivity index (χ1v) is 11.0. The molecule has 0 aromatic heterocycles. The first-order chi connectivity index (χ1) is 13.9. The second-order valence-corrected chi connectivity index (χ2v) is 9.11. The largest absolute Gasteiger partial charge is 0.467 e. The van der Waals surface area contributed by atoms with Crippen LogP contribution < -0.4 is 15.4 Å². The van der Waals surface area contributed by atoms with E-state index >= 15 is 0 Å². The minimum atomic E-state index is -0.684. The summed E-state index contributed by atoms with van der Waals surface area (Å²) in [7, 11) is 0. The molecule has 1 aliphatic heterocycles. The van der Waals surface area contributed by atoms with Crippen LogP contribution in [0.2, 0.25) is 0 Å². The molecular formula is C23H33N3O3. The van der Waals surface area contributed by atoms with Gasteiger partial charge in [0.1, 0.15) is 5.75 Å². The highest BCUT2D eigenvalue weighted by Gasteiger charge is 2.61. The van der Waals surface area contributed by atoms with Gasteiger partial charge in [-0.15, -0.1) is 0 Å². The molecule has 2 amide bonds. The topological polar surface area (TPSA) is 70.7 Å². The van der Waals surface area contributed by atoms with Crippen LogP contribution in [0.3, 0.4) is 0 Å². The number of amides is 2. The quantitative estimate of drug-likeness (QED) is 0.772. The molecule has 29 heavy (non-hydrogen) atoms. The van der Waals surface area contributed by atoms with Gasteiger partial charge in [-0.3, -0.25) is 9.59 Å². The first kappa shape index (κ1) is 20.2. The predicted octanol–water partition coefficient (Wildman–Crippen LogP) is 2.79. The molecule has 1 aromatic rings. The number of nitrogens with zero attached hydrogens (tertiary/aromatic N) is 1. The lowest BCUT2D eigenvalue weighted by Crippen LogP contribution is -2.69. The smallest absolute Gasteiger partial charge is 0.258 e. The summed E-state index contributed by atoms with van der Waals surface area (Å²) in [6.07, 6.45) is 3.41. The van der Waals surface area contributed by atoms with E-state index in [2.05, 4.69) is 36.3 Å². The highest BCUT2D eigenvalue weighted by atomic mass is 16.5. The summed E-state index contributed by atoms with van der Waals surface area (Å²) < 4.78 is 6.43. The molecule has 2 bridgehead atoms. The third-order valence-electron chi connectivity index (χ3n) is 7.44. The van der Waals surface area contributed by atoms with Gasteiger partial charge in [-0.05, 0) is 49.9 Å². The Hall–Kier alpha value is -2.08. The number of hydrogen-bond acceptors (Lipinski definition) is 4. The second-order valence-electron chi connectivity index (χ2n) is 9.11. The second kappa shape index (κ2) is 7.63. The number of fused-ring (bicyclic) bond motifs is 3. The summed E-state index contributed by atoms with van der Waals surface area (Å²) >= 11 is 0. The van der Waals surface area contributed by atoms with Gasteiger partial charge < -0.3 is 20.3 Å². The zero-order chi connectivity index (χ0) is 20.6. The van der Waals surface area contributed by atoms with Gasteiger partial charge in [-0.25, -0.2) is 0 Å². The maximum atomic E-state index is 13.0. The Balaban J connectivity index is 1.47. The van der Waals surface area contributed by atoms with Gasteiger partial charge in [0.2, 0.25) is 5.91 Å². The number of hydrogen-bond donors (Lipinski definition) is 2. The van der Waals surface area contributed by atoms with Crippen LogP contribution in [0.1, 0.15) is 56.8 Å². The summed E-state index contributed by atoms with van der Waals surface area (Å²) in [5.74, 6) is 0.874. The van der Waals surface area contributed by atoms with E-state index in [0.29, 0.717) is 24.3 Å². The molecule has 0 radical (unpaired) electrons. The minimum Gasteiger partial charge on any atom is -0.467 e. The summed E-state index contributed by atoms with van der Waals surface area (Å²) in [6.45, 7) is 10.0. The molecule has 1 spiro atoms. The SMILES string of the molecule is CCN(CC)CCNC(=O)[C@H]1C[C@H]2CC[C@]1(C)C[C@@]21NC(=O)c2ccccc2O1. The van der Waals surface area contributed by atoms with Crippen molar-refractivity contribution in [3.8, 4) is 5.75 Å². The molecule has 2 N–H and O–H groups in total. The number of carbonyl (C=O) groups excluding carboxylic acids is 2. The van der Waals surface area contributed by atoms with E-state index in [1.807, 2.05) is 18.2 Å². The third kappa shape index (κ3) is 3.52. The summed E-state index contributed by atoms with van der Waals surface area (Å²) in [5, 5.41) is 6.35. The average molecular weight is 400 g/mol. The Kier molecular flexibility index (Phi) is 5.32. The molecule has 4 aliphatic rings. The standard InChI is InChI=1S/C23H33N3O3/c1-4-26(5-2)13-12-24-21(28)18-14-16-10-11-22(18,3)15-23(16)25-20(27)17-8-6-7-9-19(17)29-23/h6-9,16,18H,4-5,10-15H2,1-3H3,(H,24,28)(H,25,27)/t16-,18-,22-,23+/m1/s1. The van der Waals surface area contributed by atoms with Crippen molar-refractivity contribution in [2.24, 2.45) is 17.3 Å².